The van der Waals surface area contributed by atoms with Crippen molar-refractivity contribution in [2.45, 2.75) is 158 Å². The fraction of sp³-hybridized carbons (Fsp3) is 1.00. The summed E-state index contributed by atoms with van der Waals surface area (Å²) >= 11 is 7.15. The van der Waals surface area contributed by atoms with Gasteiger partial charge in [-0.25, -0.2) is 0 Å². The predicted molar refractivity (Wildman–Crippen MR) is 157 cm³/mol. The van der Waals surface area contributed by atoms with E-state index in [1.165, 1.54) is 103 Å². The van der Waals surface area contributed by atoms with Crippen molar-refractivity contribution in [2.75, 3.05) is 26.4 Å². The van der Waals surface area contributed by atoms with E-state index in [1.54, 1.807) is 83.3 Å². The number of hydrogen-bond acceptors (Lipinski definition) is 4. The van der Waals surface area contributed by atoms with Gasteiger partial charge >= 0.3 is 305 Å². The van der Waals surface area contributed by atoms with E-state index in [-0.39, 0.29) is 0 Å². The van der Waals surface area contributed by atoms with Crippen molar-refractivity contribution < 1.29 is 96.6 Å². The van der Waals surface area contributed by atoms with Gasteiger partial charge in [-0.15, -0.1) is 0 Å². The van der Waals surface area contributed by atoms with Crippen LogP contribution in [0.2, 0.25) is 0 Å². The first kappa shape index (κ1) is 49.6. The molecule has 0 aromatic rings. The monoisotopic (exact) mass is 708 g/mol. The van der Waals surface area contributed by atoms with E-state index in [9.17, 15) is 0 Å². The van der Waals surface area contributed by atoms with Crippen LogP contribution in [-0.2, 0) is 96.6 Å². The summed E-state index contributed by atoms with van der Waals surface area (Å²) in [6, 6.07) is 0. The van der Waals surface area contributed by atoms with E-state index >= 15 is 0 Å². The molecule has 4 nitrogen and oxygen atoms in total. The summed E-state index contributed by atoms with van der Waals surface area (Å²) in [6.45, 7) is 21.6. The molecular formula is C32H68O4Ti4. The molecule has 4 atom stereocenters. The molecule has 0 aliphatic carbocycles. The topological polar surface area (TPSA) is 36.9 Å². The molecule has 0 N–H and O–H groups in total. The van der Waals surface area contributed by atoms with Crippen LogP contribution in [0.15, 0.2) is 0 Å². The molecule has 0 rings (SSSR count). The molecule has 0 aromatic carbocycles. The maximum absolute atomic E-state index is 5.09. The summed E-state index contributed by atoms with van der Waals surface area (Å²) in [7, 11) is 0. The van der Waals surface area contributed by atoms with Gasteiger partial charge in [0.1, 0.15) is 0 Å². The van der Waals surface area contributed by atoms with Gasteiger partial charge in [-0.05, 0) is 0 Å². The zero-order valence-electron chi connectivity index (χ0n) is 28.1. The second kappa shape index (κ2) is 46.1. The summed E-state index contributed by atoms with van der Waals surface area (Å²) in [5.41, 5.74) is 0. The molecule has 0 bridgehead atoms. The average Bonchev–Trinajstić information content (AvgIpc) is 2.98. The van der Waals surface area contributed by atoms with Gasteiger partial charge in [-0.2, -0.15) is 0 Å². The zero-order chi connectivity index (χ0) is 31.3. The first-order valence-corrected chi connectivity index (χ1v) is 19.1. The number of unbranched alkanes of at least 4 members (excludes halogenated alkanes) is 4. The van der Waals surface area contributed by atoms with Crippen LogP contribution >= 0.6 is 0 Å². The molecule has 0 amide bonds. The third-order valence-corrected chi connectivity index (χ3v) is 8.49. The van der Waals surface area contributed by atoms with Gasteiger partial charge in [-0.3, -0.25) is 0 Å². The second-order valence-electron chi connectivity index (χ2n) is 10.9. The molecule has 40 heavy (non-hydrogen) atoms. The molecule has 0 saturated carbocycles. The van der Waals surface area contributed by atoms with Crippen molar-refractivity contribution in [3.05, 3.63) is 0 Å². The Balaban J connectivity index is -0.000000216. The number of hydrogen-bond donors (Lipinski definition) is 0. The molecule has 0 spiro atoms. The molecule has 4 unspecified atom stereocenters. The molecule has 236 valence electrons. The van der Waals surface area contributed by atoms with Crippen LogP contribution in [0.5, 0.6) is 0 Å². The van der Waals surface area contributed by atoms with E-state index in [1.807, 2.05) is 0 Å². The van der Waals surface area contributed by atoms with Crippen LogP contribution in [0.1, 0.15) is 158 Å². The van der Waals surface area contributed by atoms with Crippen molar-refractivity contribution in [1.82, 2.24) is 0 Å². The first-order chi connectivity index (χ1) is 19.4. The molecule has 0 saturated heterocycles. The summed E-state index contributed by atoms with van der Waals surface area (Å²) in [4.78, 5) is 0. The molecule has 0 fully saturated rings. The van der Waals surface area contributed by atoms with Crippen molar-refractivity contribution in [1.29, 1.82) is 0 Å². The fourth-order valence-corrected chi connectivity index (χ4v) is 5.54. The van der Waals surface area contributed by atoms with Crippen LogP contribution in [0.3, 0.4) is 0 Å². The minimum atomic E-state index is 0.796. The Morgan fingerprint density at radius 1 is 0.350 bits per heavy atom. The zero-order valence-corrected chi connectivity index (χ0v) is 34.3. The van der Waals surface area contributed by atoms with Gasteiger partial charge in [-0.1, -0.05) is 0 Å². The number of rotatable bonds is 24. The Hall–Kier alpha value is 2.70. The van der Waals surface area contributed by atoms with Crippen molar-refractivity contribution in [3.8, 4) is 0 Å². The van der Waals surface area contributed by atoms with E-state index in [0.717, 1.165) is 50.1 Å². The van der Waals surface area contributed by atoms with Gasteiger partial charge in [0.05, 0.1) is 0 Å². The predicted octanol–water partition coefficient (Wildman–Crippen LogP) is 10.7. The maximum atomic E-state index is 5.09. The van der Waals surface area contributed by atoms with Crippen LogP contribution in [0.25, 0.3) is 0 Å². The Kier molecular flexibility index (Phi) is 57.2. The Morgan fingerprint density at radius 2 is 0.525 bits per heavy atom. The van der Waals surface area contributed by atoms with E-state index in [2.05, 4.69) is 55.4 Å². The molecule has 0 heterocycles. The van der Waals surface area contributed by atoms with Crippen molar-refractivity contribution in [3.63, 3.8) is 0 Å². The van der Waals surface area contributed by atoms with Crippen molar-refractivity contribution >= 4 is 0 Å². The van der Waals surface area contributed by atoms with E-state index in [4.69, 9.17) is 13.3 Å². The normalized spacial score (nSPS) is 13.3. The molecule has 0 aliphatic heterocycles. The van der Waals surface area contributed by atoms with Gasteiger partial charge in [0.2, 0.25) is 0 Å². The Morgan fingerprint density at radius 3 is 0.625 bits per heavy atom. The average molecular weight is 708 g/mol. The summed E-state index contributed by atoms with van der Waals surface area (Å²) < 4.78 is 20.4. The van der Waals surface area contributed by atoms with Crippen LogP contribution in [0.4, 0.5) is 0 Å². The second-order valence-corrected chi connectivity index (χ2v) is 12.7. The Bertz CT molecular complexity index is 337. The third kappa shape index (κ3) is 42.8. The molecular weight excluding hydrogens is 640 g/mol. The summed E-state index contributed by atoms with van der Waals surface area (Å²) in [6.07, 6.45) is 21.0. The minimum absolute atomic E-state index is 0.796. The Labute approximate surface area is 302 Å². The van der Waals surface area contributed by atoms with Crippen LogP contribution < -0.4 is 0 Å². The van der Waals surface area contributed by atoms with Gasteiger partial charge in [0.15, 0.2) is 0 Å². The molecule has 0 radical (unpaired) electrons. The summed E-state index contributed by atoms with van der Waals surface area (Å²) in [5.74, 6) is 3.18. The molecule has 0 aliphatic rings. The quantitative estimate of drug-likeness (QED) is 0.0936. The van der Waals surface area contributed by atoms with Crippen LogP contribution in [-0.4, -0.2) is 26.4 Å². The third-order valence-electron chi connectivity index (χ3n) is 7.45. The van der Waals surface area contributed by atoms with E-state index < -0.39 is 0 Å². The van der Waals surface area contributed by atoms with Crippen LogP contribution in [0, 0.1) is 23.7 Å². The van der Waals surface area contributed by atoms with Gasteiger partial charge in [0, 0.05) is 0 Å². The molecule has 8 heteroatoms. The van der Waals surface area contributed by atoms with Gasteiger partial charge < -0.3 is 0 Å². The first-order valence-electron chi connectivity index (χ1n) is 16.5. The molecule has 0 aromatic heterocycles. The van der Waals surface area contributed by atoms with Crippen molar-refractivity contribution in [2.24, 2.45) is 23.7 Å². The summed E-state index contributed by atoms with van der Waals surface area (Å²) in [5, 5.41) is 0. The fourth-order valence-electron chi connectivity index (χ4n) is 4.06. The SMILES string of the molecule is CCCCC(CC)C[O][Ti].CCCCC(CC)C[O][Ti].CCCCC(CC)C[O][Ti].CCCCC(CC)C[O][Ti]. The van der Waals surface area contributed by atoms with Gasteiger partial charge in [0.25, 0.3) is 0 Å². The standard InChI is InChI=1S/4C8H17O.4Ti/c4*1-3-5-6-8(4-2)7-9;;;;/h4*8H,3-7H2,1-2H3;;;;/q4*-1;4*+1. The van der Waals surface area contributed by atoms with E-state index in [0.29, 0.717) is 0 Å².